The highest BCUT2D eigenvalue weighted by atomic mass is 16.3. The van der Waals surface area contributed by atoms with Crippen LogP contribution in [0.4, 0.5) is 17.1 Å². The van der Waals surface area contributed by atoms with E-state index in [4.69, 9.17) is 4.42 Å². The average molecular weight is 792 g/mol. The lowest BCUT2D eigenvalue weighted by Gasteiger charge is -2.26. The Hall–Kier alpha value is -8.20. The molecule has 0 atom stereocenters. The highest BCUT2D eigenvalue weighted by Gasteiger charge is 2.15. The summed E-state index contributed by atoms with van der Waals surface area (Å²) in [5, 5.41) is 2.25. The summed E-state index contributed by atoms with van der Waals surface area (Å²) in [6, 6.07) is 89.0. The lowest BCUT2D eigenvalue weighted by Crippen LogP contribution is -2.09. The second kappa shape index (κ2) is 16.1. The van der Waals surface area contributed by atoms with Crippen LogP contribution in [0.3, 0.4) is 0 Å². The van der Waals surface area contributed by atoms with Gasteiger partial charge in [-0.3, -0.25) is 0 Å². The van der Waals surface area contributed by atoms with Gasteiger partial charge in [0.05, 0.1) is 0 Å². The Bertz CT molecular complexity index is 3280. The third-order valence-electron chi connectivity index (χ3n) is 11.9. The molecule has 11 aromatic rings. The van der Waals surface area contributed by atoms with Gasteiger partial charge < -0.3 is 9.32 Å². The first-order chi connectivity index (χ1) is 30.7. The van der Waals surface area contributed by atoms with E-state index in [1.807, 2.05) is 0 Å². The second-order valence-corrected chi connectivity index (χ2v) is 15.8. The van der Waals surface area contributed by atoms with Crippen LogP contribution in [0, 0.1) is 0 Å². The summed E-state index contributed by atoms with van der Waals surface area (Å²) in [4.78, 5) is 2.34. The van der Waals surface area contributed by atoms with Crippen molar-refractivity contribution in [1.82, 2.24) is 0 Å². The molecule has 0 bridgehead atoms. The molecule has 1 heterocycles. The molecule has 62 heavy (non-hydrogen) atoms. The van der Waals surface area contributed by atoms with Gasteiger partial charge in [0.1, 0.15) is 11.2 Å². The molecule has 0 aliphatic rings. The topological polar surface area (TPSA) is 16.4 Å². The van der Waals surface area contributed by atoms with Crippen molar-refractivity contribution in [3.8, 4) is 66.8 Å². The summed E-state index contributed by atoms with van der Waals surface area (Å²) >= 11 is 0. The molecule has 2 nitrogen and oxygen atoms in total. The molecule has 0 amide bonds. The molecule has 0 spiro atoms. The summed E-state index contributed by atoms with van der Waals surface area (Å²) in [6.45, 7) is 0. The lowest BCUT2D eigenvalue weighted by molar-refractivity contribution is 0.669. The Kier molecular flexibility index (Phi) is 9.57. The van der Waals surface area contributed by atoms with E-state index in [0.717, 1.165) is 55.7 Å². The molecule has 2 heteroatoms. The first-order valence-corrected chi connectivity index (χ1v) is 21.1. The molecule has 0 fully saturated rings. The van der Waals surface area contributed by atoms with Crippen molar-refractivity contribution in [3.63, 3.8) is 0 Å². The maximum absolute atomic E-state index is 6.29. The fourth-order valence-corrected chi connectivity index (χ4v) is 8.62. The van der Waals surface area contributed by atoms with Gasteiger partial charge in [-0.2, -0.15) is 0 Å². The normalized spacial score (nSPS) is 11.2. The van der Waals surface area contributed by atoms with Gasteiger partial charge in [0.25, 0.3) is 0 Å². The van der Waals surface area contributed by atoms with E-state index >= 15 is 0 Å². The van der Waals surface area contributed by atoms with Crippen LogP contribution in [-0.2, 0) is 0 Å². The third-order valence-corrected chi connectivity index (χ3v) is 11.9. The summed E-state index contributed by atoms with van der Waals surface area (Å²) in [5.74, 6) is 0. The molecular weight excluding hydrogens is 751 g/mol. The molecule has 0 unspecified atom stereocenters. The number of hydrogen-bond donors (Lipinski definition) is 0. The summed E-state index contributed by atoms with van der Waals surface area (Å²) in [5.41, 5.74) is 19.3. The molecule has 292 valence electrons. The number of hydrogen-bond acceptors (Lipinski definition) is 2. The van der Waals surface area contributed by atoms with Crippen LogP contribution in [0.5, 0.6) is 0 Å². The van der Waals surface area contributed by atoms with Gasteiger partial charge in [-0.25, -0.2) is 0 Å². The zero-order valence-electron chi connectivity index (χ0n) is 34.0. The van der Waals surface area contributed by atoms with Crippen molar-refractivity contribution in [1.29, 1.82) is 0 Å². The van der Waals surface area contributed by atoms with Crippen LogP contribution in [0.15, 0.2) is 253 Å². The third kappa shape index (κ3) is 7.25. The van der Waals surface area contributed by atoms with E-state index in [1.54, 1.807) is 0 Å². The zero-order valence-corrected chi connectivity index (χ0v) is 34.0. The molecule has 0 saturated carbocycles. The SMILES string of the molecule is c1ccc(-c2ccc(-c3ccc(N(c4ccc(-c5ccccc5)cc4)c4ccc(-c5cccc(-c6ccc7oc8ccc(-c9ccccc9)cc8c7c6)c5)cc4)cc3)cc2)cc1. The summed E-state index contributed by atoms with van der Waals surface area (Å²) < 4.78 is 6.29. The Morgan fingerprint density at radius 3 is 0.871 bits per heavy atom. The second-order valence-electron chi connectivity index (χ2n) is 15.8. The van der Waals surface area contributed by atoms with Crippen molar-refractivity contribution in [3.05, 3.63) is 249 Å². The maximum atomic E-state index is 6.29. The molecule has 0 saturated heterocycles. The number of nitrogens with zero attached hydrogens (tertiary/aromatic N) is 1. The van der Waals surface area contributed by atoms with E-state index in [2.05, 4.69) is 254 Å². The monoisotopic (exact) mass is 791 g/mol. The van der Waals surface area contributed by atoms with E-state index in [9.17, 15) is 0 Å². The van der Waals surface area contributed by atoms with E-state index in [-0.39, 0.29) is 0 Å². The van der Waals surface area contributed by atoms with Crippen molar-refractivity contribution < 1.29 is 4.42 Å². The van der Waals surface area contributed by atoms with Crippen molar-refractivity contribution in [2.24, 2.45) is 0 Å². The number of furan rings is 1. The fraction of sp³-hybridized carbons (Fsp3) is 0. The van der Waals surface area contributed by atoms with Gasteiger partial charge >= 0.3 is 0 Å². The predicted octanol–water partition coefficient (Wildman–Crippen LogP) is 17.1. The van der Waals surface area contributed by atoms with Crippen molar-refractivity contribution in [2.45, 2.75) is 0 Å². The Morgan fingerprint density at radius 1 is 0.210 bits per heavy atom. The predicted molar refractivity (Wildman–Crippen MR) is 261 cm³/mol. The van der Waals surface area contributed by atoms with Crippen LogP contribution < -0.4 is 4.90 Å². The first-order valence-electron chi connectivity index (χ1n) is 21.1. The van der Waals surface area contributed by atoms with Gasteiger partial charge in [-0.05, 0) is 133 Å². The van der Waals surface area contributed by atoms with Crippen LogP contribution in [0.1, 0.15) is 0 Å². The quantitative estimate of drug-likeness (QED) is 0.145. The van der Waals surface area contributed by atoms with Crippen molar-refractivity contribution >= 4 is 39.0 Å². The summed E-state index contributed by atoms with van der Waals surface area (Å²) in [6.07, 6.45) is 0. The highest BCUT2D eigenvalue weighted by Crippen LogP contribution is 2.39. The van der Waals surface area contributed by atoms with Gasteiger partial charge in [-0.1, -0.05) is 182 Å². The molecule has 1 aromatic heterocycles. The van der Waals surface area contributed by atoms with Crippen LogP contribution in [-0.4, -0.2) is 0 Å². The largest absolute Gasteiger partial charge is 0.456 e. The molecule has 10 aromatic carbocycles. The maximum Gasteiger partial charge on any atom is 0.135 e. The standard InChI is InChI=1S/C60H41NO/c1-4-11-42(12-5-1)45-19-21-46(22-20-45)48-25-33-55(34-26-48)61(54-31-23-47(24-32-54)43-13-6-2-7-14-43)56-35-27-49(28-36-56)50-17-10-18-51(39-50)53-30-38-60-58(41-53)57-40-52(29-37-59(57)62-60)44-15-8-3-9-16-44/h1-41H. The Balaban J connectivity index is 0.906. The lowest BCUT2D eigenvalue weighted by atomic mass is 9.97. The average Bonchev–Trinajstić information content (AvgIpc) is 3.73. The van der Waals surface area contributed by atoms with Gasteiger partial charge in [-0.15, -0.1) is 0 Å². The van der Waals surface area contributed by atoms with Crippen LogP contribution in [0.25, 0.3) is 88.7 Å². The minimum absolute atomic E-state index is 0.895. The van der Waals surface area contributed by atoms with Crippen LogP contribution in [0.2, 0.25) is 0 Å². The Morgan fingerprint density at radius 2 is 0.468 bits per heavy atom. The van der Waals surface area contributed by atoms with Gasteiger partial charge in [0, 0.05) is 27.8 Å². The van der Waals surface area contributed by atoms with E-state index in [0.29, 0.717) is 0 Å². The molecule has 11 rings (SSSR count). The zero-order chi connectivity index (χ0) is 41.2. The first kappa shape index (κ1) is 36.8. The van der Waals surface area contributed by atoms with Gasteiger partial charge in [0.2, 0.25) is 0 Å². The number of benzene rings is 10. The van der Waals surface area contributed by atoms with E-state index < -0.39 is 0 Å². The fourth-order valence-electron chi connectivity index (χ4n) is 8.62. The minimum Gasteiger partial charge on any atom is -0.456 e. The highest BCUT2D eigenvalue weighted by molar-refractivity contribution is 6.07. The van der Waals surface area contributed by atoms with Gasteiger partial charge in [0.15, 0.2) is 0 Å². The molecule has 0 radical (unpaired) electrons. The van der Waals surface area contributed by atoms with Crippen molar-refractivity contribution in [2.75, 3.05) is 4.90 Å². The van der Waals surface area contributed by atoms with Crippen LogP contribution >= 0.6 is 0 Å². The number of fused-ring (bicyclic) bond motifs is 3. The van der Waals surface area contributed by atoms with E-state index in [1.165, 1.54) is 50.1 Å². The Labute approximate surface area is 362 Å². The smallest absolute Gasteiger partial charge is 0.135 e. The minimum atomic E-state index is 0.895. The molecule has 0 N–H and O–H groups in total. The summed E-state index contributed by atoms with van der Waals surface area (Å²) in [7, 11) is 0. The number of rotatable bonds is 9. The molecule has 0 aliphatic heterocycles. The number of anilines is 3. The molecular formula is C60H41NO. The molecule has 0 aliphatic carbocycles.